The van der Waals surface area contributed by atoms with Gasteiger partial charge in [-0.15, -0.1) is 0 Å². The highest BCUT2D eigenvalue weighted by Crippen LogP contribution is 2.36. The second kappa shape index (κ2) is 9.55. The fraction of sp³-hybridized carbons (Fsp3) is 0.133. The number of aryl methyl sites for hydroxylation is 1. The maximum absolute atomic E-state index is 13.4. The van der Waals surface area contributed by atoms with E-state index in [9.17, 15) is 9.18 Å². The number of nitrogens with zero attached hydrogens (tertiary/aromatic N) is 1. The number of benzene rings is 3. The number of para-hydroxylation sites is 1. The Labute approximate surface area is 202 Å². The van der Waals surface area contributed by atoms with Crippen molar-refractivity contribution in [1.82, 2.24) is 4.98 Å². The quantitative estimate of drug-likeness (QED) is 0.142. The van der Waals surface area contributed by atoms with Gasteiger partial charge in [-0.1, -0.05) is 36.9 Å². The van der Waals surface area contributed by atoms with E-state index < -0.39 is 0 Å². The predicted octanol–water partition coefficient (Wildman–Crippen LogP) is 7.51. The van der Waals surface area contributed by atoms with Crippen molar-refractivity contribution in [3.05, 3.63) is 103 Å². The van der Waals surface area contributed by atoms with E-state index in [2.05, 4.69) is 17.6 Å². The molecule has 0 aliphatic rings. The first kappa shape index (κ1) is 22.5. The third kappa shape index (κ3) is 4.71. The lowest BCUT2D eigenvalue weighted by Gasteiger charge is -2.06. The summed E-state index contributed by atoms with van der Waals surface area (Å²) in [6.45, 7) is 5.60. The van der Waals surface area contributed by atoms with Crippen LogP contribution in [0.4, 0.5) is 4.39 Å². The Morgan fingerprint density at radius 1 is 1.00 bits per heavy atom. The van der Waals surface area contributed by atoms with Crippen LogP contribution >= 0.6 is 0 Å². The van der Waals surface area contributed by atoms with Crippen LogP contribution < -0.4 is 0 Å². The number of carbonyl (C=O) groups is 1. The summed E-state index contributed by atoms with van der Waals surface area (Å²) < 4.78 is 24.8. The lowest BCUT2D eigenvalue weighted by Crippen LogP contribution is -2.06. The predicted molar refractivity (Wildman–Crippen MR) is 136 cm³/mol. The molecule has 35 heavy (non-hydrogen) atoms. The van der Waals surface area contributed by atoms with Gasteiger partial charge in [0, 0.05) is 28.1 Å². The standard InChI is InChI=1S/C30H24FNO3/c1-19(2)30(33)34-16-4-5-20-8-13-28-26(17-20)24-6-3-7-25(29(24)35-28)27-18-22(14-15-32-27)21-9-11-23(31)12-10-21/h3,6-15,17-18H,1,4-5,16H2,2H3. The average Bonchev–Trinajstić information content (AvgIpc) is 3.25. The van der Waals surface area contributed by atoms with E-state index in [4.69, 9.17) is 9.15 Å². The minimum atomic E-state index is -0.356. The second-order valence-corrected chi connectivity index (χ2v) is 8.57. The summed E-state index contributed by atoms with van der Waals surface area (Å²) >= 11 is 0. The van der Waals surface area contributed by atoms with Crippen LogP contribution in [-0.2, 0) is 16.0 Å². The van der Waals surface area contributed by atoms with Crippen LogP contribution in [0.5, 0.6) is 0 Å². The molecule has 174 valence electrons. The van der Waals surface area contributed by atoms with E-state index in [1.165, 1.54) is 12.1 Å². The van der Waals surface area contributed by atoms with Crippen LogP contribution in [0.15, 0.2) is 95.6 Å². The minimum Gasteiger partial charge on any atom is -0.462 e. The number of pyridine rings is 1. The van der Waals surface area contributed by atoms with Gasteiger partial charge in [-0.05, 0) is 78.9 Å². The molecule has 5 heteroatoms. The SMILES string of the molecule is C=C(C)C(=O)OCCCc1ccc2oc3c(-c4cc(-c5ccc(F)cc5)ccn4)cccc3c2c1. The second-order valence-electron chi connectivity index (χ2n) is 8.57. The molecule has 0 atom stereocenters. The molecular weight excluding hydrogens is 441 g/mol. The summed E-state index contributed by atoms with van der Waals surface area (Å²) in [5, 5.41) is 2.05. The number of hydrogen-bond acceptors (Lipinski definition) is 4. The largest absolute Gasteiger partial charge is 0.462 e. The van der Waals surface area contributed by atoms with Gasteiger partial charge >= 0.3 is 5.97 Å². The smallest absolute Gasteiger partial charge is 0.333 e. The first-order valence-electron chi connectivity index (χ1n) is 11.5. The Balaban J connectivity index is 1.44. The molecule has 3 aromatic carbocycles. The zero-order chi connectivity index (χ0) is 24.4. The highest BCUT2D eigenvalue weighted by molar-refractivity contribution is 6.09. The summed E-state index contributed by atoms with van der Waals surface area (Å²) in [6, 6.07) is 22.5. The van der Waals surface area contributed by atoms with E-state index in [-0.39, 0.29) is 11.8 Å². The molecule has 0 saturated heterocycles. The lowest BCUT2D eigenvalue weighted by atomic mass is 10.0. The Morgan fingerprint density at radius 2 is 1.83 bits per heavy atom. The van der Waals surface area contributed by atoms with Gasteiger partial charge < -0.3 is 9.15 Å². The van der Waals surface area contributed by atoms with E-state index >= 15 is 0 Å². The van der Waals surface area contributed by atoms with Crippen molar-refractivity contribution in [1.29, 1.82) is 0 Å². The summed E-state index contributed by atoms with van der Waals surface area (Å²) in [5.74, 6) is -0.617. The molecule has 0 amide bonds. The highest BCUT2D eigenvalue weighted by Gasteiger charge is 2.14. The van der Waals surface area contributed by atoms with Gasteiger partial charge in [0.25, 0.3) is 0 Å². The monoisotopic (exact) mass is 465 g/mol. The number of carbonyl (C=O) groups excluding carboxylic acids is 1. The van der Waals surface area contributed by atoms with Gasteiger partial charge in [-0.3, -0.25) is 4.98 Å². The van der Waals surface area contributed by atoms with Crippen molar-refractivity contribution >= 4 is 27.9 Å². The van der Waals surface area contributed by atoms with Crippen LogP contribution in [0.25, 0.3) is 44.3 Å². The molecule has 0 aliphatic heterocycles. The molecule has 4 nitrogen and oxygen atoms in total. The first-order valence-corrected chi connectivity index (χ1v) is 11.5. The number of aromatic nitrogens is 1. The molecule has 5 rings (SSSR count). The Morgan fingerprint density at radius 3 is 2.63 bits per heavy atom. The van der Waals surface area contributed by atoms with Crippen molar-refractivity contribution in [3.8, 4) is 22.4 Å². The Hall–Kier alpha value is -4.25. The van der Waals surface area contributed by atoms with Crippen LogP contribution in [0.3, 0.4) is 0 Å². The highest BCUT2D eigenvalue weighted by atomic mass is 19.1. The van der Waals surface area contributed by atoms with Crippen molar-refractivity contribution in [3.63, 3.8) is 0 Å². The molecule has 0 fully saturated rings. The molecule has 0 spiro atoms. The Kier molecular flexibility index (Phi) is 6.15. The number of furan rings is 1. The number of ether oxygens (including phenoxy) is 1. The molecule has 0 bridgehead atoms. The van der Waals surface area contributed by atoms with Crippen LogP contribution in [-0.4, -0.2) is 17.6 Å². The number of halogens is 1. The van der Waals surface area contributed by atoms with Gasteiger partial charge in [-0.25, -0.2) is 9.18 Å². The number of hydrogen-bond donors (Lipinski definition) is 0. The zero-order valence-corrected chi connectivity index (χ0v) is 19.4. The van der Waals surface area contributed by atoms with E-state index in [0.717, 1.165) is 62.7 Å². The Bertz CT molecular complexity index is 1550. The van der Waals surface area contributed by atoms with Gasteiger partial charge in [0.2, 0.25) is 0 Å². The fourth-order valence-electron chi connectivity index (χ4n) is 4.17. The minimum absolute atomic E-state index is 0.262. The fourth-order valence-corrected chi connectivity index (χ4v) is 4.17. The number of esters is 1. The van der Waals surface area contributed by atoms with Gasteiger partial charge in [0.15, 0.2) is 0 Å². The third-order valence-electron chi connectivity index (χ3n) is 5.97. The van der Waals surface area contributed by atoms with Crippen LogP contribution in [0, 0.1) is 5.82 Å². The molecule has 0 N–H and O–H groups in total. The van der Waals surface area contributed by atoms with E-state index in [1.54, 1.807) is 25.3 Å². The normalized spacial score (nSPS) is 11.1. The molecule has 0 aliphatic carbocycles. The third-order valence-corrected chi connectivity index (χ3v) is 5.97. The molecule has 0 unspecified atom stereocenters. The van der Waals surface area contributed by atoms with E-state index in [1.807, 2.05) is 42.5 Å². The lowest BCUT2D eigenvalue weighted by molar-refractivity contribution is -0.139. The van der Waals surface area contributed by atoms with E-state index in [0.29, 0.717) is 12.2 Å². The van der Waals surface area contributed by atoms with Crippen molar-refractivity contribution in [2.45, 2.75) is 19.8 Å². The average molecular weight is 466 g/mol. The number of fused-ring (bicyclic) bond motifs is 3. The summed E-state index contributed by atoms with van der Waals surface area (Å²) in [7, 11) is 0. The first-order chi connectivity index (χ1) is 17.0. The van der Waals surface area contributed by atoms with Gasteiger partial charge in [0.05, 0.1) is 12.3 Å². The summed E-state index contributed by atoms with van der Waals surface area (Å²) in [4.78, 5) is 16.1. The van der Waals surface area contributed by atoms with Crippen molar-refractivity contribution < 1.29 is 18.3 Å². The topological polar surface area (TPSA) is 52.3 Å². The maximum atomic E-state index is 13.4. The number of rotatable bonds is 7. The maximum Gasteiger partial charge on any atom is 0.333 e. The van der Waals surface area contributed by atoms with Crippen LogP contribution in [0.1, 0.15) is 18.9 Å². The van der Waals surface area contributed by atoms with Gasteiger partial charge in [0.1, 0.15) is 17.0 Å². The molecule has 5 aromatic rings. The van der Waals surface area contributed by atoms with Crippen LogP contribution in [0.2, 0.25) is 0 Å². The molecule has 0 saturated carbocycles. The summed E-state index contributed by atoms with van der Waals surface area (Å²) in [6.07, 6.45) is 3.27. The molecule has 0 radical (unpaired) electrons. The molecular formula is C30H24FNO3. The molecule has 2 heterocycles. The zero-order valence-electron chi connectivity index (χ0n) is 19.4. The van der Waals surface area contributed by atoms with Gasteiger partial charge in [-0.2, -0.15) is 0 Å². The summed E-state index contributed by atoms with van der Waals surface area (Å²) in [5.41, 5.74) is 6.70. The van der Waals surface area contributed by atoms with Crippen molar-refractivity contribution in [2.24, 2.45) is 0 Å². The molecule has 2 aromatic heterocycles. The van der Waals surface area contributed by atoms with Crippen molar-refractivity contribution in [2.75, 3.05) is 6.61 Å².